The number of benzene rings is 1. The Morgan fingerprint density at radius 3 is 2.74 bits per heavy atom. The molecule has 1 aromatic carbocycles. The summed E-state index contributed by atoms with van der Waals surface area (Å²) in [5, 5.41) is 6.25. The third kappa shape index (κ3) is 2.74. The SMILES string of the molecule is Cc1ccccc1S(=O)(=O)Nc1[nH]ncc1C(N)=S. The van der Waals surface area contributed by atoms with Gasteiger partial charge < -0.3 is 5.73 Å². The van der Waals surface area contributed by atoms with Gasteiger partial charge in [0.15, 0.2) is 0 Å². The topological polar surface area (TPSA) is 101 Å². The lowest BCUT2D eigenvalue weighted by Crippen LogP contribution is -2.18. The summed E-state index contributed by atoms with van der Waals surface area (Å²) in [6, 6.07) is 6.67. The number of rotatable bonds is 4. The molecule has 0 unspecified atom stereocenters. The monoisotopic (exact) mass is 296 g/mol. The predicted octanol–water partition coefficient (Wildman–Crippen LogP) is 1.15. The van der Waals surface area contributed by atoms with E-state index in [1.807, 2.05) is 0 Å². The number of nitrogens with one attached hydrogen (secondary N) is 2. The summed E-state index contributed by atoms with van der Waals surface area (Å²) in [6.07, 6.45) is 1.37. The molecule has 19 heavy (non-hydrogen) atoms. The number of hydrogen-bond donors (Lipinski definition) is 3. The highest BCUT2D eigenvalue weighted by molar-refractivity contribution is 7.92. The molecule has 4 N–H and O–H groups in total. The fourth-order valence-corrected chi connectivity index (χ4v) is 3.04. The van der Waals surface area contributed by atoms with Gasteiger partial charge in [-0.1, -0.05) is 30.4 Å². The van der Waals surface area contributed by atoms with Gasteiger partial charge in [0.2, 0.25) is 0 Å². The van der Waals surface area contributed by atoms with Gasteiger partial charge in [-0.25, -0.2) is 8.42 Å². The summed E-state index contributed by atoms with van der Waals surface area (Å²) in [7, 11) is -3.71. The van der Waals surface area contributed by atoms with Gasteiger partial charge >= 0.3 is 0 Å². The van der Waals surface area contributed by atoms with Crippen LogP contribution in [0.25, 0.3) is 0 Å². The van der Waals surface area contributed by atoms with Gasteiger partial charge in [-0.05, 0) is 18.6 Å². The summed E-state index contributed by atoms with van der Waals surface area (Å²) < 4.78 is 26.9. The lowest BCUT2D eigenvalue weighted by Gasteiger charge is -2.09. The van der Waals surface area contributed by atoms with Crippen molar-refractivity contribution in [3.8, 4) is 0 Å². The van der Waals surface area contributed by atoms with E-state index < -0.39 is 10.0 Å². The van der Waals surface area contributed by atoms with Crippen molar-refractivity contribution in [2.24, 2.45) is 5.73 Å². The van der Waals surface area contributed by atoms with E-state index in [0.29, 0.717) is 11.1 Å². The molecule has 1 heterocycles. The Balaban J connectivity index is 2.40. The summed E-state index contributed by atoms with van der Waals surface area (Å²) in [6.45, 7) is 1.72. The molecule has 0 radical (unpaired) electrons. The first-order valence-electron chi connectivity index (χ1n) is 5.33. The first-order valence-corrected chi connectivity index (χ1v) is 7.22. The number of hydrogen-bond acceptors (Lipinski definition) is 4. The van der Waals surface area contributed by atoms with E-state index in [4.69, 9.17) is 18.0 Å². The zero-order valence-electron chi connectivity index (χ0n) is 10.0. The van der Waals surface area contributed by atoms with Crippen molar-refractivity contribution in [2.45, 2.75) is 11.8 Å². The molecule has 0 fully saturated rings. The van der Waals surface area contributed by atoms with Crippen LogP contribution in [0.2, 0.25) is 0 Å². The Morgan fingerprint density at radius 1 is 1.42 bits per heavy atom. The molecule has 8 heteroatoms. The van der Waals surface area contributed by atoms with Crippen LogP contribution < -0.4 is 10.5 Å². The van der Waals surface area contributed by atoms with Crippen molar-refractivity contribution in [2.75, 3.05) is 4.72 Å². The van der Waals surface area contributed by atoms with Gasteiger partial charge in [0.05, 0.1) is 16.7 Å². The number of H-pyrrole nitrogens is 1. The fraction of sp³-hybridized carbons (Fsp3) is 0.0909. The van der Waals surface area contributed by atoms with Crippen LogP contribution in [0, 0.1) is 6.92 Å². The standard InChI is InChI=1S/C11H12N4O2S2/c1-7-4-2-3-5-9(7)19(16,17)15-11-8(10(12)18)6-13-14-11/h2-6H,1H3,(H2,12,18)(H2,13,14,15). The van der Waals surface area contributed by atoms with Gasteiger partial charge in [0, 0.05) is 0 Å². The van der Waals surface area contributed by atoms with E-state index >= 15 is 0 Å². The van der Waals surface area contributed by atoms with Gasteiger partial charge in [-0.3, -0.25) is 9.82 Å². The lowest BCUT2D eigenvalue weighted by atomic mass is 10.2. The highest BCUT2D eigenvalue weighted by Crippen LogP contribution is 2.19. The molecule has 0 saturated heterocycles. The third-order valence-corrected chi connectivity index (χ3v) is 4.25. The lowest BCUT2D eigenvalue weighted by molar-refractivity contribution is 0.600. The number of aromatic amines is 1. The molecule has 0 spiro atoms. The van der Waals surface area contributed by atoms with Gasteiger partial charge in [-0.15, -0.1) is 0 Å². The summed E-state index contributed by atoms with van der Waals surface area (Å²) in [4.78, 5) is 0.259. The van der Waals surface area contributed by atoms with E-state index in [9.17, 15) is 8.42 Å². The highest BCUT2D eigenvalue weighted by Gasteiger charge is 2.19. The maximum Gasteiger partial charge on any atom is 0.263 e. The van der Waals surface area contributed by atoms with Crippen molar-refractivity contribution in [1.29, 1.82) is 0 Å². The van der Waals surface area contributed by atoms with E-state index in [1.165, 1.54) is 12.3 Å². The third-order valence-electron chi connectivity index (χ3n) is 2.52. The maximum absolute atomic E-state index is 12.3. The smallest absolute Gasteiger partial charge is 0.263 e. The van der Waals surface area contributed by atoms with Crippen molar-refractivity contribution in [1.82, 2.24) is 10.2 Å². The van der Waals surface area contributed by atoms with Crippen LogP contribution in [0.4, 0.5) is 5.82 Å². The second-order valence-electron chi connectivity index (χ2n) is 3.89. The average Bonchev–Trinajstić information content (AvgIpc) is 2.76. The second kappa shape index (κ2) is 4.98. The molecular formula is C11H12N4O2S2. The number of thiocarbonyl (C=S) groups is 1. The van der Waals surface area contributed by atoms with Crippen molar-refractivity contribution < 1.29 is 8.42 Å². The molecule has 1 aromatic heterocycles. The highest BCUT2D eigenvalue weighted by atomic mass is 32.2. The van der Waals surface area contributed by atoms with Gasteiger partial charge in [-0.2, -0.15) is 5.10 Å². The normalized spacial score (nSPS) is 11.2. The molecule has 2 rings (SSSR count). The van der Waals surface area contributed by atoms with E-state index in [2.05, 4.69) is 14.9 Å². The van der Waals surface area contributed by atoms with Crippen molar-refractivity contribution in [3.63, 3.8) is 0 Å². The molecule has 2 aromatic rings. The van der Waals surface area contributed by atoms with E-state index in [1.54, 1.807) is 25.1 Å². The molecule has 0 saturated carbocycles. The number of anilines is 1. The Bertz CT molecular complexity index is 722. The predicted molar refractivity (Wildman–Crippen MR) is 76.5 cm³/mol. The molecule has 0 aliphatic heterocycles. The Kier molecular flexibility index (Phi) is 3.54. The Labute approximate surface area is 116 Å². The number of aryl methyl sites for hydroxylation is 1. The van der Waals surface area contributed by atoms with Gasteiger partial charge in [0.1, 0.15) is 10.8 Å². The van der Waals surface area contributed by atoms with Crippen LogP contribution in [0.15, 0.2) is 35.4 Å². The summed E-state index contributed by atoms with van der Waals surface area (Å²) >= 11 is 4.82. The molecule has 0 aliphatic carbocycles. The summed E-state index contributed by atoms with van der Waals surface area (Å²) in [5.74, 6) is 0.163. The quantitative estimate of drug-likeness (QED) is 0.735. The maximum atomic E-state index is 12.3. The second-order valence-corrected chi connectivity index (χ2v) is 5.98. The average molecular weight is 296 g/mol. The zero-order chi connectivity index (χ0) is 14.0. The zero-order valence-corrected chi connectivity index (χ0v) is 11.7. The fourth-order valence-electron chi connectivity index (χ4n) is 1.60. The van der Waals surface area contributed by atoms with Crippen LogP contribution in [-0.2, 0) is 10.0 Å². The molecular weight excluding hydrogens is 284 g/mol. The molecule has 0 aliphatic rings. The molecule has 0 atom stereocenters. The van der Waals surface area contributed by atoms with Gasteiger partial charge in [0.25, 0.3) is 10.0 Å². The first-order chi connectivity index (χ1) is 8.92. The summed E-state index contributed by atoms with van der Waals surface area (Å²) in [5.41, 5.74) is 6.48. The number of sulfonamides is 1. The van der Waals surface area contributed by atoms with Crippen LogP contribution in [0.1, 0.15) is 11.1 Å². The van der Waals surface area contributed by atoms with Crippen molar-refractivity contribution >= 4 is 33.0 Å². The van der Waals surface area contributed by atoms with Crippen LogP contribution >= 0.6 is 12.2 Å². The number of nitrogens with zero attached hydrogens (tertiary/aromatic N) is 1. The van der Waals surface area contributed by atoms with Crippen molar-refractivity contribution in [3.05, 3.63) is 41.6 Å². The number of nitrogens with two attached hydrogens (primary N) is 1. The molecule has 6 nitrogen and oxygen atoms in total. The Morgan fingerprint density at radius 2 is 2.11 bits per heavy atom. The minimum absolute atomic E-state index is 0.0660. The Hall–Kier alpha value is -1.93. The van der Waals surface area contributed by atoms with E-state index in [0.717, 1.165) is 0 Å². The minimum Gasteiger partial charge on any atom is -0.389 e. The first kappa shape index (κ1) is 13.5. The minimum atomic E-state index is -3.71. The van der Waals surface area contributed by atoms with Crippen LogP contribution in [-0.4, -0.2) is 23.6 Å². The van der Waals surface area contributed by atoms with Crippen LogP contribution in [0.5, 0.6) is 0 Å². The molecule has 100 valence electrons. The largest absolute Gasteiger partial charge is 0.389 e. The van der Waals surface area contributed by atoms with Crippen LogP contribution in [0.3, 0.4) is 0 Å². The van der Waals surface area contributed by atoms with E-state index in [-0.39, 0.29) is 15.7 Å². The molecule has 0 bridgehead atoms. The number of aromatic nitrogens is 2. The molecule has 0 amide bonds.